The van der Waals surface area contributed by atoms with Gasteiger partial charge in [0.05, 0.1) is 0 Å². The summed E-state index contributed by atoms with van der Waals surface area (Å²) in [6.45, 7) is 0. The van der Waals surface area contributed by atoms with Crippen molar-refractivity contribution in [1.29, 1.82) is 0 Å². The first kappa shape index (κ1) is 38.5. The van der Waals surface area contributed by atoms with Gasteiger partial charge in [0.2, 0.25) is 0 Å². The van der Waals surface area contributed by atoms with Crippen LogP contribution in [-0.2, 0) is 0 Å². The molecule has 0 saturated carbocycles. The van der Waals surface area contributed by atoms with Gasteiger partial charge in [-0.25, -0.2) is 9.97 Å². The third-order valence-electron chi connectivity index (χ3n) is 13.6. The first-order valence-electron chi connectivity index (χ1n) is 20.9. The maximum absolute atomic E-state index is 6.75. The summed E-state index contributed by atoms with van der Waals surface area (Å²) in [5.41, 5.74) is 27.3. The summed E-state index contributed by atoms with van der Waals surface area (Å²) in [5, 5.41) is 3.81. The Morgan fingerprint density at radius 3 is 1.68 bits per heavy atom. The molecule has 3 nitrogen and oxygen atoms in total. The van der Waals surface area contributed by atoms with E-state index in [0.717, 1.165) is 44.5 Å². The van der Waals surface area contributed by atoms with E-state index >= 15 is 0 Å². The standard InChI is InChI=1S/C46H38B10N2OS/c47-26-17-27(48)30(34(49)29(26)31-35(50)38(53)36(51)32-33-37(52)39(54)40(55)41(56)46(33)60-45(31)32)43-44-42(57-18-58-43)25-16-24(13-14-28(25)59-44)23-8-4-7-22(15-23)21-11-9-20(10-12-21)19-5-2-1-3-6-19/h1-18H,47-56H2. The lowest BCUT2D eigenvalue weighted by Crippen LogP contribution is -2.47. The molecule has 0 N–H and O–H groups in total. The highest BCUT2D eigenvalue weighted by atomic mass is 32.1. The molecule has 7 aromatic carbocycles. The average molecular weight is 775 g/mol. The molecule has 0 aliphatic rings. The smallest absolute Gasteiger partial charge is 0.180 e. The van der Waals surface area contributed by atoms with Gasteiger partial charge in [-0.3, -0.25) is 0 Å². The van der Waals surface area contributed by atoms with E-state index in [-0.39, 0.29) is 0 Å². The number of furan rings is 1. The molecule has 60 heavy (non-hydrogen) atoms. The van der Waals surface area contributed by atoms with Gasteiger partial charge in [0.15, 0.2) is 5.58 Å². The largest absolute Gasteiger partial charge is 0.452 e. The van der Waals surface area contributed by atoms with Gasteiger partial charge in [-0.2, -0.15) is 0 Å². The van der Waals surface area contributed by atoms with E-state index < -0.39 is 0 Å². The average Bonchev–Trinajstić information content (AvgIpc) is 3.85. The Kier molecular flexibility index (Phi) is 9.29. The minimum atomic E-state index is 0.721. The van der Waals surface area contributed by atoms with Crippen molar-refractivity contribution in [2.75, 3.05) is 0 Å². The number of benzene rings is 7. The molecule has 0 saturated heterocycles. The van der Waals surface area contributed by atoms with E-state index in [1.807, 2.05) is 11.3 Å². The lowest BCUT2D eigenvalue weighted by Gasteiger charge is -2.23. The van der Waals surface area contributed by atoms with Gasteiger partial charge in [0.1, 0.15) is 102 Å². The molecular weight excluding hydrogens is 737 g/mol. The summed E-state index contributed by atoms with van der Waals surface area (Å²) in [7, 11) is 22.9. The summed E-state index contributed by atoms with van der Waals surface area (Å²) in [6.07, 6.45) is 1.71. The van der Waals surface area contributed by atoms with Gasteiger partial charge in [-0.15, -0.1) is 27.7 Å². The summed E-state index contributed by atoms with van der Waals surface area (Å²) >= 11 is 1.97. The van der Waals surface area contributed by atoms with E-state index in [1.54, 1.807) is 6.33 Å². The van der Waals surface area contributed by atoms with Crippen molar-refractivity contribution < 1.29 is 4.42 Å². The first-order chi connectivity index (χ1) is 28.9. The van der Waals surface area contributed by atoms with Crippen LogP contribution in [0.1, 0.15) is 0 Å². The second-order valence-electron chi connectivity index (χ2n) is 16.9. The molecule has 0 amide bonds. The Morgan fingerprint density at radius 1 is 0.417 bits per heavy atom. The summed E-state index contributed by atoms with van der Waals surface area (Å²) in [6, 6.07) is 36.9. The highest BCUT2D eigenvalue weighted by Crippen LogP contribution is 2.38. The zero-order valence-corrected chi connectivity index (χ0v) is 36.9. The van der Waals surface area contributed by atoms with Crippen LogP contribution in [0.15, 0.2) is 114 Å². The molecule has 0 bridgehead atoms. The van der Waals surface area contributed by atoms with Gasteiger partial charge in [-0.1, -0.05) is 123 Å². The predicted molar refractivity (Wildman–Crippen MR) is 291 cm³/mol. The van der Waals surface area contributed by atoms with Crippen LogP contribution in [0.2, 0.25) is 0 Å². The maximum atomic E-state index is 6.75. The van der Waals surface area contributed by atoms with Gasteiger partial charge in [0.25, 0.3) is 0 Å². The fraction of sp³-hybridized carbons (Fsp3) is 0. The number of fused-ring (bicyclic) bond motifs is 6. The summed E-state index contributed by atoms with van der Waals surface area (Å²) in [4.78, 5) is 9.88. The minimum absolute atomic E-state index is 0.721. The molecule has 10 aromatic rings. The van der Waals surface area contributed by atoms with Crippen molar-refractivity contribution in [3.8, 4) is 55.8 Å². The lowest BCUT2D eigenvalue weighted by atomic mass is 9.62. The Balaban J connectivity index is 1.11. The Morgan fingerprint density at radius 2 is 0.967 bits per heavy atom. The molecule has 3 heterocycles. The van der Waals surface area contributed by atoms with Crippen molar-refractivity contribution in [3.05, 3.63) is 109 Å². The number of thiophene rings is 1. The fourth-order valence-electron chi connectivity index (χ4n) is 9.87. The van der Waals surface area contributed by atoms with Crippen molar-refractivity contribution in [1.82, 2.24) is 9.97 Å². The number of rotatable bonds is 5. The SMILES string of the molecule is Bc1cc(B)c(-c2c(B)c(B)c(B)c3c2sc2c(B)c(B)c(B)c(B)c23)c(B)c1-c1ncnc2c1oc1ccc(-c3cccc(-c4ccc(-c5ccccc5)cc4)c3)cc12. The van der Waals surface area contributed by atoms with Crippen LogP contribution in [0.25, 0.3) is 98.0 Å². The summed E-state index contributed by atoms with van der Waals surface area (Å²) < 4.78 is 9.53. The van der Waals surface area contributed by atoms with Crippen molar-refractivity contribution in [3.63, 3.8) is 0 Å². The van der Waals surface area contributed by atoms with E-state index in [4.69, 9.17) is 14.4 Å². The molecule has 0 aliphatic heterocycles. The zero-order valence-electron chi connectivity index (χ0n) is 36.1. The van der Waals surface area contributed by atoms with Crippen LogP contribution in [0.3, 0.4) is 0 Å². The predicted octanol–water partition coefficient (Wildman–Crippen LogP) is -4.34. The van der Waals surface area contributed by atoms with E-state index in [1.165, 1.54) is 108 Å². The van der Waals surface area contributed by atoms with Crippen LogP contribution in [0, 0.1) is 0 Å². The van der Waals surface area contributed by atoms with E-state index in [2.05, 4.69) is 182 Å². The number of hydrogen-bond donors (Lipinski definition) is 0. The van der Waals surface area contributed by atoms with Gasteiger partial charge in [0, 0.05) is 14.8 Å². The number of nitrogens with zero attached hydrogens (tertiary/aromatic N) is 2. The Bertz CT molecular complexity index is 3440. The second-order valence-corrected chi connectivity index (χ2v) is 17.9. The highest BCUT2D eigenvalue weighted by Gasteiger charge is 2.26. The number of aromatic nitrogens is 2. The third kappa shape index (κ3) is 5.85. The van der Waals surface area contributed by atoms with Crippen LogP contribution in [-0.4, -0.2) is 88.4 Å². The topological polar surface area (TPSA) is 38.9 Å². The van der Waals surface area contributed by atoms with Crippen LogP contribution in [0.4, 0.5) is 0 Å². The normalized spacial score (nSPS) is 11.7. The van der Waals surface area contributed by atoms with E-state index in [9.17, 15) is 0 Å². The Hall–Kier alpha value is -5.71. The maximum Gasteiger partial charge on any atom is 0.180 e. The molecule has 14 heteroatoms. The fourth-order valence-corrected chi connectivity index (χ4v) is 11.4. The molecule has 10 rings (SSSR count). The minimum Gasteiger partial charge on any atom is -0.452 e. The molecule has 0 aliphatic carbocycles. The second kappa shape index (κ2) is 14.5. The molecule has 274 valence electrons. The molecule has 0 fully saturated rings. The zero-order chi connectivity index (χ0) is 41.7. The molecule has 0 unspecified atom stereocenters. The molecular formula is C46H38B10N2OS. The summed E-state index contributed by atoms with van der Waals surface area (Å²) in [5.74, 6) is 0. The van der Waals surface area contributed by atoms with Crippen LogP contribution in [0.5, 0.6) is 0 Å². The van der Waals surface area contributed by atoms with Gasteiger partial charge >= 0.3 is 0 Å². The monoisotopic (exact) mass is 776 g/mol. The van der Waals surface area contributed by atoms with Crippen molar-refractivity contribution >= 4 is 187 Å². The quantitative estimate of drug-likeness (QED) is 0.166. The number of hydrogen-bond acceptors (Lipinski definition) is 4. The third-order valence-corrected chi connectivity index (χ3v) is 15.0. The highest BCUT2D eigenvalue weighted by molar-refractivity contribution is 7.28. The van der Waals surface area contributed by atoms with Crippen molar-refractivity contribution in [2.45, 2.75) is 0 Å². The molecule has 3 aromatic heterocycles. The van der Waals surface area contributed by atoms with E-state index in [0.29, 0.717) is 0 Å². The molecule has 0 atom stereocenters. The van der Waals surface area contributed by atoms with Crippen LogP contribution >= 0.6 is 11.3 Å². The molecule has 0 spiro atoms. The Labute approximate surface area is 364 Å². The lowest BCUT2D eigenvalue weighted by molar-refractivity contribution is 0.667. The van der Waals surface area contributed by atoms with Gasteiger partial charge in [-0.05, 0) is 79.0 Å². The molecule has 0 radical (unpaired) electrons. The van der Waals surface area contributed by atoms with Crippen molar-refractivity contribution in [2.24, 2.45) is 0 Å². The first-order valence-corrected chi connectivity index (χ1v) is 21.7. The van der Waals surface area contributed by atoms with Crippen LogP contribution < -0.4 is 54.6 Å². The van der Waals surface area contributed by atoms with Gasteiger partial charge < -0.3 is 4.42 Å².